The first kappa shape index (κ1) is 15.8. The smallest absolute Gasteiger partial charge is 0.319 e. The third-order valence-electron chi connectivity index (χ3n) is 4.22. The van der Waals surface area contributed by atoms with Crippen molar-refractivity contribution in [2.75, 3.05) is 18.4 Å². The summed E-state index contributed by atoms with van der Waals surface area (Å²) in [6, 6.07) is 8.19. The lowest BCUT2D eigenvalue weighted by atomic mass is 9.83. The van der Waals surface area contributed by atoms with Crippen molar-refractivity contribution < 1.29 is 4.79 Å². The molecular formula is C17H27N3O. The summed E-state index contributed by atoms with van der Waals surface area (Å²) in [5, 5.41) is 9.22. The Kier molecular flexibility index (Phi) is 6.05. The van der Waals surface area contributed by atoms with Gasteiger partial charge in [-0.1, -0.05) is 38.3 Å². The van der Waals surface area contributed by atoms with E-state index < -0.39 is 0 Å². The third-order valence-corrected chi connectivity index (χ3v) is 4.22. The van der Waals surface area contributed by atoms with Crippen LogP contribution in [0.1, 0.15) is 51.1 Å². The van der Waals surface area contributed by atoms with Gasteiger partial charge in [-0.15, -0.1) is 0 Å². The van der Waals surface area contributed by atoms with Crippen LogP contribution in [-0.4, -0.2) is 19.1 Å². The standard InChI is InChI=1S/C17H27N3O/c1-3-18-13(2)15-8-5-9-16(12-15)20-17(21)19-11-10-14-6-4-7-14/h5,8-9,12-14,18H,3-4,6-7,10-11H2,1-2H3,(H2,19,20,21). The molecular weight excluding hydrogens is 262 g/mol. The molecule has 21 heavy (non-hydrogen) atoms. The molecule has 1 saturated carbocycles. The van der Waals surface area contributed by atoms with Gasteiger partial charge in [0.25, 0.3) is 0 Å². The predicted molar refractivity (Wildman–Crippen MR) is 87.5 cm³/mol. The highest BCUT2D eigenvalue weighted by atomic mass is 16.2. The first-order chi connectivity index (χ1) is 10.2. The number of carbonyl (C=O) groups is 1. The molecule has 1 unspecified atom stereocenters. The molecule has 2 rings (SSSR count). The van der Waals surface area contributed by atoms with E-state index in [4.69, 9.17) is 0 Å². The molecule has 0 radical (unpaired) electrons. The maximum absolute atomic E-state index is 11.9. The molecule has 3 N–H and O–H groups in total. The lowest BCUT2D eigenvalue weighted by molar-refractivity contribution is 0.247. The van der Waals surface area contributed by atoms with Crippen LogP contribution >= 0.6 is 0 Å². The number of anilines is 1. The average Bonchev–Trinajstić information content (AvgIpc) is 2.42. The quantitative estimate of drug-likeness (QED) is 0.717. The van der Waals surface area contributed by atoms with E-state index in [1.165, 1.54) is 24.8 Å². The van der Waals surface area contributed by atoms with Gasteiger partial charge in [0.1, 0.15) is 0 Å². The lowest BCUT2D eigenvalue weighted by Gasteiger charge is -2.25. The van der Waals surface area contributed by atoms with Gasteiger partial charge < -0.3 is 16.0 Å². The topological polar surface area (TPSA) is 53.2 Å². The molecule has 0 aliphatic heterocycles. The zero-order valence-electron chi connectivity index (χ0n) is 13.1. The van der Waals surface area contributed by atoms with Gasteiger partial charge in [-0.05, 0) is 43.5 Å². The van der Waals surface area contributed by atoms with E-state index in [2.05, 4.69) is 35.9 Å². The summed E-state index contributed by atoms with van der Waals surface area (Å²) in [5.74, 6) is 0.828. The molecule has 0 heterocycles. The number of hydrogen-bond acceptors (Lipinski definition) is 2. The van der Waals surface area contributed by atoms with Gasteiger partial charge in [-0.25, -0.2) is 4.79 Å². The van der Waals surface area contributed by atoms with Crippen LogP contribution in [0.2, 0.25) is 0 Å². The fourth-order valence-corrected chi connectivity index (χ4v) is 2.66. The number of amides is 2. The Labute approximate surface area is 127 Å². The van der Waals surface area contributed by atoms with Gasteiger partial charge in [0, 0.05) is 18.3 Å². The molecule has 1 aromatic carbocycles. The maximum atomic E-state index is 11.9. The Morgan fingerprint density at radius 1 is 1.38 bits per heavy atom. The van der Waals surface area contributed by atoms with Gasteiger partial charge in [-0.3, -0.25) is 0 Å². The number of nitrogens with one attached hydrogen (secondary N) is 3. The number of rotatable bonds is 7. The molecule has 4 nitrogen and oxygen atoms in total. The summed E-state index contributed by atoms with van der Waals surface area (Å²) in [7, 11) is 0. The summed E-state index contributed by atoms with van der Waals surface area (Å²) >= 11 is 0. The Bertz CT molecular complexity index is 457. The second-order valence-electron chi connectivity index (χ2n) is 5.87. The van der Waals surface area contributed by atoms with Crippen molar-refractivity contribution in [3.05, 3.63) is 29.8 Å². The molecule has 0 saturated heterocycles. The fourth-order valence-electron chi connectivity index (χ4n) is 2.66. The highest BCUT2D eigenvalue weighted by Crippen LogP contribution is 2.28. The minimum absolute atomic E-state index is 0.109. The molecule has 4 heteroatoms. The Hall–Kier alpha value is -1.55. The number of carbonyl (C=O) groups excluding carboxylic acids is 1. The van der Waals surface area contributed by atoms with Gasteiger partial charge in [-0.2, -0.15) is 0 Å². The number of hydrogen-bond donors (Lipinski definition) is 3. The molecule has 1 atom stereocenters. The first-order valence-corrected chi connectivity index (χ1v) is 8.07. The summed E-state index contributed by atoms with van der Waals surface area (Å²) < 4.78 is 0. The second-order valence-corrected chi connectivity index (χ2v) is 5.87. The van der Waals surface area contributed by atoms with Crippen LogP contribution in [0.5, 0.6) is 0 Å². The van der Waals surface area contributed by atoms with Crippen LogP contribution in [0.15, 0.2) is 24.3 Å². The molecule has 116 valence electrons. The normalized spacial score (nSPS) is 16.1. The van der Waals surface area contributed by atoms with E-state index in [1.807, 2.05) is 18.2 Å². The molecule has 1 aliphatic rings. The Morgan fingerprint density at radius 3 is 2.86 bits per heavy atom. The monoisotopic (exact) mass is 289 g/mol. The van der Waals surface area contributed by atoms with Crippen molar-refractivity contribution >= 4 is 11.7 Å². The molecule has 1 aromatic rings. The largest absolute Gasteiger partial charge is 0.338 e. The summed E-state index contributed by atoms with van der Waals surface area (Å²) in [6.45, 7) is 5.92. The number of urea groups is 1. The van der Waals surface area contributed by atoms with Gasteiger partial charge >= 0.3 is 6.03 Å². The highest BCUT2D eigenvalue weighted by molar-refractivity contribution is 5.89. The zero-order chi connectivity index (χ0) is 15.1. The minimum atomic E-state index is -0.109. The van der Waals surface area contributed by atoms with Crippen molar-refractivity contribution in [1.82, 2.24) is 10.6 Å². The number of benzene rings is 1. The minimum Gasteiger partial charge on any atom is -0.338 e. The molecule has 0 bridgehead atoms. The van der Waals surface area contributed by atoms with E-state index in [-0.39, 0.29) is 6.03 Å². The fraction of sp³-hybridized carbons (Fsp3) is 0.588. The van der Waals surface area contributed by atoms with Crippen LogP contribution in [0, 0.1) is 5.92 Å². The van der Waals surface area contributed by atoms with Crippen LogP contribution in [0.25, 0.3) is 0 Å². The Balaban J connectivity index is 1.78. The zero-order valence-corrected chi connectivity index (χ0v) is 13.1. The first-order valence-electron chi connectivity index (χ1n) is 8.07. The van der Waals surface area contributed by atoms with E-state index in [9.17, 15) is 4.79 Å². The van der Waals surface area contributed by atoms with E-state index in [0.717, 1.165) is 31.1 Å². The molecule has 2 amide bonds. The lowest BCUT2D eigenvalue weighted by Crippen LogP contribution is -2.31. The van der Waals surface area contributed by atoms with Crippen molar-refractivity contribution in [2.24, 2.45) is 5.92 Å². The SMILES string of the molecule is CCNC(C)c1cccc(NC(=O)NCCC2CCC2)c1. The predicted octanol–water partition coefficient (Wildman–Crippen LogP) is 3.67. The van der Waals surface area contributed by atoms with Gasteiger partial charge in [0.2, 0.25) is 0 Å². The van der Waals surface area contributed by atoms with Crippen LogP contribution < -0.4 is 16.0 Å². The maximum Gasteiger partial charge on any atom is 0.319 e. The molecule has 0 aromatic heterocycles. The summed E-state index contributed by atoms with van der Waals surface area (Å²) in [5.41, 5.74) is 2.03. The van der Waals surface area contributed by atoms with Gasteiger partial charge in [0.05, 0.1) is 0 Å². The third kappa shape index (κ3) is 5.05. The molecule has 1 aliphatic carbocycles. The van der Waals surface area contributed by atoms with Crippen molar-refractivity contribution in [3.8, 4) is 0 Å². The summed E-state index contributed by atoms with van der Waals surface area (Å²) in [6.07, 6.45) is 5.11. The van der Waals surface area contributed by atoms with Gasteiger partial charge in [0.15, 0.2) is 0 Å². The van der Waals surface area contributed by atoms with Crippen LogP contribution in [-0.2, 0) is 0 Å². The van der Waals surface area contributed by atoms with Crippen molar-refractivity contribution in [2.45, 2.75) is 45.6 Å². The highest BCUT2D eigenvalue weighted by Gasteiger charge is 2.16. The van der Waals surface area contributed by atoms with Crippen LogP contribution in [0.4, 0.5) is 10.5 Å². The van der Waals surface area contributed by atoms with E-state index in [0.29, 0.717) is 6.04 Å². The summed E-state index contributed by atoms with van der Waals surface area (Å²) in [4.78, 5) is 11.9. The van der Waals surface area contributed by atoms with E-state index >= 15 is 0 Å². The molecule has 1 fully saturated rings. The second kappa shape index (κ2) is 8.03. The van der Waals surface area contributed by atoms with E-state index in [1.54, 1.807) is 0 Å². The van der Waals surface area contributed by atoms with Crippen molar-refractivity contribution in [1.29, 1.82) is 0 Å². The van der Waals surface area contributed by atoms with Crippen LogP contribution in [0.3, 0.4) is 0 Å². The Morgan fingerprint density at radius 2 is 2.19 bits per heavy atom. The average molecular weight is 289 g/mol. The molecule has 0 spiro atoms. The van der Waals surface area contributed by atoms with Crippen molar-refractivity contribution in [3.63, 3.8) is 0 Å².